The topological polar surface area (TPSA) is 85.9 Å². The second-order valence-electron chi connectivity index (χ2n) is 9.07. The summed E-state index contributed by atoms with van der Waals surface area (Å²) in [6.45, 7) is 2.48. The number of hydrogen-bond donors (Lipinski definition) is 2. The van der Waals surface area contributed by atoms with E-state index in [0.29, 0.717) is 23.8 Å². The fourth-order valence-electron chi connectivity index (χ4n) is 3.95. The van der Waals surface area contributed by atoms with E-state index in [-0.39, 0.29) is 18.9 Å². The molecule has 0 aliphatic rings. The summed E-state index contributed by atoms with van der Waals surface area (Å²) in [5.74, 6) is 0.850. The van der Waals surface area contributed by atoms with Crippen LogP contribution in [-0.4, -0.2) is 25.2 Å². The van der Waals surface area contributed by atoms with Crippen molar-refractivity contribution in [1.82, 2.24) is 5.32 Å². The van der Waals surface area contributed by atoms with Crippen molar-refractivity contribution in [3.8, 4) is 11.5 Å². The van der Waals surface area contributed by atoms with Crippen molar-refractivity contribution >= 4 is 17.7 Å². The van der Waals surface area contributed by atoms with Crippen LogP contribution in [0.25, 0.3) is 0 Å². The van der Waals surface area contributed by atoms with Crippen molar-refractivity contribution < 1.29 is 23.8 Å². The number of aryl methyl sites for hydroxylation is 1. The molecule has 0 radical (unpaired) electrons. The Hall–Kier alpha value is -4.78. The summed E-state index contributed by atoms with van der Waals surface area (Å²) < 4.78 is 16.6. The van der Waals surface area contributed by atoms with Crippen LogP contribution in [-0.2, 0) is 29.2 Å². The predicted molar refractivity (Wildman–Crippen MR) is 151 cm³/mol. The average Bonchev–Trinajstić information content (AvgIpc) is 2.96. The van der Waals surface area contributed by atoms with Gasteiger partial charge in [0.05, 0.1) is 12.8 Å². The Morgan fingerprint density at radius 3 is 2.05 bits per heavy atom. The van der Waals surface area contributed by atoms with Crippen LogP contribution < -0.4 is 20.1 Å². The molecule has 0 saturated carbocycles. The summed E-state index contributed by atoms with van der Waals surface area (Å²) in [7, 11) is 1.54. The molecule has 4 aromatic carbocycles. The molecule has 0 bridgehead atoms. The van der Waals surface area contributed by atoms with Crippen molar-refractivity contribution in [3.63, 3.8) is 0 Å². The predicted octanol–water partition coefficient (Wildman–Crippen LogP) is 6.06. The van der Waals surface area contributed by atoms with Crippen LogP contribution in [0.2, 0.25) is 0 Å². The van der Waals surface area contributed by atoms with Gasteiger partial charge in [-0.1, -0.05) is 78.9 Å². The monoisotopic (exact) mass is 524 g/mol. The number of carbonyl (C=O) groups excluding carboxylic acids is 2. The van der Waals surface area contributed by atoms with E-state index in [0.717, 1.165) is 22.3 Å². The number of alkyl carbamates (subject to hydrolysis) is 1. The van der Waals surface area contributed by atoms with Gasteiger partial charge in [0, 0.05) is 6.42 Å². The highest BCUT2D eigenvalue weighted by atomic mass is 16.5. The summed E-state index contributed by atoms with van der Waals surface area (Å²) in [6.07, 6.45) is -0.433. The van der Waals surface area contributed by atoms with E-state index in [1.165, 1.54) is 0 Å². The molecule has 2 amide bonds. The quantitative estimate of drug-likeness (QED) is 0.249. The Bertz CT molecular complexity index is 1360. The van der Waals surface area contributed by atoms with Gasteiger partial charge < -0.3 is 24.8 Å². The Balaban J connectivity index is 1.44. The first kappa shape index (κ1) is 27.3. The lowest BCUT2D eigenvalue weighted by atomic mass is 10.0. The third kappa shape index (κ3) is 8.36. The molecule has 0 aliphatic carbocycles. The van der Waals surface area contributed by atoms with Gasteiger partial charge in [0.15, 0.2) is 0 Å². The largest absolute Gasteiger partial charge is 0.495 e. The number of hydrogen-bond acceptors (Lipinski definition) is 5. The Morgan fingerprint density at radius 1 is 0.769 bits per heavy atom. The normalized spacial score (nSPS) is 11.2. The molecule has 0 fully saturated rings. The van der Waals surface area contributed by atoms with E-state index in [1.54, 1.807) is 13.2 Å². The second kappa shape index (κ2) is 13.7. The molecular formula is C32H32N2O5. The third-order valence-corrected chi connectivity index (χ3v) is 6.05. The third-order valence-electron chi connectivity index (χ3n) is 6.05. The van der Waals surface area contributed by atoms with Crippen molar-refractivity contribution in [3.05, 3.63) is 125 Å². The minimum absolute atomic E-state index is 0.0974. The van der Waals surface area contributed by atoms with Crippen molar-refractivity contribution in [1.29, 1.82) is 0 Å². The zero-order chi connectivity index (χ0) is 27.5. The number of benzene rings is 4. The molecule has 1 atom stereocenters. The lowest BCUT2D eigenvalue weighted by molar-refractivity contribution is -0.118. The van der Waals surface area contributed by atoms with Crippen LogP contribution in [0, 0.1) is 6.92 Å². The van der Waals surface area contributed by atoms with Gasteiger partial charge in [0.25, 0.3) is 0 Å². The number of anilines is 1. The minimum atomic E-state index is -0.894. The van der Waals surface area contributed by atoms with Crippen LogP contribution in [0.1, 0.15) is 22.3 Å². The van der Waals surface area contributed by atoms with E-state index in [1.807, 2.05) is 104 Å². The van der Waals surface area contributed by atoms with E-state index in [2.05, 4.69) is 10.6 Å². The molecule has 200 valence electrons. The molecule has 0 heterocycles. The number of methoxy groups -OCH3 is 1. The molecular weight excluding hydrogens is 492 g/mol. The van der Waals surface area contributed by atoms with Gasteiger partial charge in [-0.05, 0) is 53.4 Å². The van der Waals surface area contributed by atoms with Gasteiger partial charge in [-0.3, -0.25) is 4.79 Å². The highest BCUT2D eigenvalue weighted by molar-refractivity contribution is 5.98. The van der Waals surface area contributed by atoms with Gasteiger partial charge in [0.1, 0.15) is 30.8 Å². The summed E-state index contributed by atoms with van der Waals surface area (Å²) in [4.78, 5) is 26.0. The molecule has 0 aromatic heterocycles. The average molecular weight is 525 g/mol. The molecule has 0 aliphatic heterocycles. The van der Waals surface area contributed by atoms with Gasteiger partial charge in [-0.25, -0.2) is 4.79 Å². The zero-order valence-corrected chi connectivity index (χ0v) is 22.1. The maximum Gasteiger partial charge on any atom is 0.408 e. The second-order valence-corrected chi connectivity index (χ2v) is 9.07. The van der Waals surface area contributed by atoms with Gasteiger partial charge in [-0.15, -0.1) is 0 Å². The van der Waals surface area contributed by atoms with E-state index in [4.69, 9.17) is 14.2 Å². The summed E-state index contributed by atoms with van der Waals surface area (Å²) >= 11 is 0. The van der Waals surface area contributed by atoms with Crippen molar-refractivity contribution in [2.75, 3.05) is 12.4 Å². The SMILES string of the molecule is COc1ccc(C)cc1NC(=O)[C@H](Cc1ccc(OCc2ccccc2)cc1)NC(=O)OCc1ccccc1. The number of amides is 2. The molecule has 39 heavy (non-hydrogen) atoms. The first-order valence-corrected chi connectivity index (χ1v) is 12.7. The van der Waals surface area contributed by atoms with Crippen LogP contribution in [0.15, 0.2) is 103 Å². The maximum absolute atomic E-state index is 13.4. The molecule has 0 unspecified atom stereocenters. The lowest BCUT2D eigenvalue weighted by Gasteiger charge is -2.20. The Labute approximate surface area is 228 Å². The summed E-state index contributed by atoms with van der Waals surface area (Å²) in [6, 6.07) is 31.3. The fraction of sp³-hybridized carbons (Fsp3) is 0.188. The fourth-order valence-corrected chi connectivity index (χ4v) is 3.95. The highest BCUT2D eigenvalue weighted by Gasteiger charge is 2.23. The van der Waals surface area contributed by atoms with Crippen molar-refractivity contribution in [2.45, 2.75) is 32.6 Å². The molecule has 0 saturated heterocycles. The highest BCUT2D eigenvalue weighted by Crippen LogP contribution is 2.25. The molecule has 0 spiro atoms. The molecule has 7 heteroatoms. The number of rotatable bonds is 11. The first-order chi connectivity index (χ1) is 19.0. The van der Waals surface area contributed by atoms with Gasteiger partial charge >= 0.3 is 6.09 Å². The van der Waals surface area contributed by atoms with E-state index in [9.17, 15) is 9.59 Å². The minimum Gasteiger partial charge on any atom is -0.495 e. The van der Waals surface area contributed by atoms with Gasteiger partial charge in [-0.2, -0.15) is 0 Å². The number of ether oxygens (including phenoxy) is 3. The van der Waals surface area contributed by atoms with Crippen LogP contribution in [0.3, 0.4) is 0 Å². The molecule has 2 N–H and O–H groups in total. The van der Waals surface area contributed by atoms with Crippen LogP contribution >= 0.6 is 0 Å². The Morgan fingerprint density at radius 2 is 1.41 bits per heavy atom. The van der Waals surface area contributed by atoms with Crippen LogP contribution in [0.5, 0.6) is 11.5 Å². The Kier molecular flexibility index (Phi) is 9.56. The van der Waals surface area contributed by atoms with E-state index < -0.39 is 12.1 Å². The first-order valence-electron chi connectivity index (χ1n) is 12.7. The molecule has 4 rings (SSSR count). The zero-order valence-electron chi connectivity index (χ0n) is 22.1. The van der Waals surface area contributed by atoms with Crippen molar-refractivity contribution in [2.24, 2.45) is 0 Å². The van der Waals surface area contributed by atoms with Crippen LogP contribution in [0.4, 0.5) is 10.5 Å². The van der Waals surface area contributed by atoms with Gasteiger partial charge in [0.2, 0.25) is 5.91 Å². The number of carbonyl (C=O) groups is 2. The lowest BCUT2D eigenvalue weighted by Crippen LogP contribution is -2.45. The van der Waals surface area contributed by atoms with E-state index >= 15 is 0 Å². The molecule has 4 aromatic rings. The molecule has 7 nitrogen and oxygen atoms in total. The standard InChI is InChI=1S/C32H32N2O5/c1-23-13-18-30(37-2)28(19-23)33-31(35)29(34-32(36)39-22-26-11-7-4-8-12-26)20-24-14-16-27(17-15-24)38-21-25-9-5-3-6-10-25/h3-19,29H,20-22H2,1-2H3,(H,33,35)(H,34,36)/t29-/m0/s1. The smallest absolute Gasteiger partial charge is 0.408 e. The summed E-state index contributed by atoms with van der Waals surface area (Å²) in [5.41, 5.74) is 4.26. The maximum atomic E-state index is 13.4. The summed E-state index contributed by atoms with van der Waals surface area (Å²) in [5, 5.41) is 5.62. The number of nitrogens with one attached hydrogen (secondary N) is 2.